The number of ether oxygens (including phenoxy) is 1. The van der Waals surface area contributed by atoms with E-state index in [4.69, 9.17) is 4.74 Å². The lowest BCUT2D eigenvalue weighted by Crippen LogP contribution is -2.41. The first-order valence-electron chi connectivity index (χ1n) is 7.70. The molecule has 1 aromatic carbocycles. The average Bonchev–Trinajstić information content (AvgIpc) is 3.02. The van der Waals surface area contributed by atoms with Crippen molar-refractivity contribution in [1.29, 1.82) is 0 Å². The highest BCUT2D eigenvalue weighted by Gasteiger charge is 2.30. The van der Waals surface area contributed by atoms with Crippen LogP contribution in [0.4, 0.5) is 0 Å². The van der Waals surface area contributed by atoms with E-state index in [0.29, 0.717) is 12.0 Å². The van der Waals surface area contributed by atoms with Crippen LogP contribution in [0, 0.1) is 0 Å². The zero-order chi connectivity index (χ0) is 16.5. The Kier molecular flexibility index (Phi) is 3.49. The van der Waals surface area contributed by atoms with E-state index in [1.165, 1.54) is 0 Å². The predicted molar refractivity (Wildman–Crippen MR) is 86.4 cm³/mol. The second-order valence-electron chi connectivity index (χ2n) is 5.67. The molecule has 0 saturated heterocycles. The maximum Gasteiger partial charge on any atom is 0.339 e. The van der Waals surface area contributed by atoms with Gasteiger partial charge in [-0.15, -0.1) is 0 Å². The number of nitrogens with one attached hydrogen (secondary N) is 1. The minimum absolute atomic E-state index is 0.288. The van der Waals surface area contributed by atoms with Gasteiger partial charge in [0.1, 0.15) is 5.65 Å². The Hall–Kier alpha value is -3.15. The molecule has 0 aliphatic carbocycles. The molecule has 0 radical (unpaired) electrons. The highest BCUT2D eigenvalue weighted by molar-refractivity contribution is 5.95. The van der Waals surface area contributed by atoms with E-state index in [1.54, 1.807) is 12.1 Å². The third-order valence-electron chi connectivity index (χ3n) is 4.04. The summed E-state index contributed by atoms with van der Waals surface area (Å²) < 4.78 is 7.13. The van der Waals surface area contributed by atoms with E-state index < -0.39 is 12.1 Å². The Bertz CT molecular complexity index is 899. The summed E-state index contributed by atoms with van der Waals surface area (Å²) in [5.74, 6) is -0.764. The minimum Gasteiger partial charge on any atom is -0.448 e. The highest BCUT2D eigenvalue weighted by atomic mass is 16.5. The van der Waals surface area contributed by atoms with E-state index in [2.05, 4.69) is 10.3 Å². The van der Waals surface area contributed by atoms with Crippen molar-refractivity contribution in [3.8, 4) is 0 Å². The lowest BCUT2D eigenvalue weighted by molar-refractivity contribution is -0.130. The lowest BCUT2D eigenvalue weighted by Gasteiger charge is -2.23. The second-order valence-corrected chi connectivity index (χ2v) is 5.67. The number of benzene rings is 1. The highest BCUT2D eigenvalue weighted by Crippen LogP contribution is 2.20. The van der Waals surface area contributed by atoms with Crippen molar-refractivity contribution in [1.82, 2.24) is 14.7 Å². The Labute approximate surface area is 138 Å². The fraction of sp³-hybridized carbons (Fsp3) is 0.167. The number of imidazole rings is 1. The molecule has 120 valence electrons. The van der Waals surface area contributed by atoms with Crippen molar-refractivity contribution < 1.29 is 14.3 Å². The van der Waals surface area contributed by atoms with Crippen LogP contribution in [-0.4, -0.2) is 27.4 Å². The fourth-order valence-corrected chi connectivity index (χ4v) is 2.84. The topological polar surface area (TPSA) is 72.7 Å². The van der Waals surface area contributed by atoms with Gasteiger partial charge in [0.15, 0.2) is 6.10 Å². The minimum atomic E-state index is -0.801. The summed E-state index contributed by atoms with van der Waals surface area (Å²) in [5, 5.41) is 2.79. The van der Waals surface area contributed by atoms with Gasteiger partial charge in [-0.05, 0) is 23.8 Å². The van der Waals surface area contributed by atoms with Gasteiger partial charge in [-0.25, -0.2) is 9.78 Å². The van der Waals surface area contributed by atoms with Crippen LogP contribution in [0.15, 0.2) is 54.9 Å². The molecule has 1 aliphatic rings. The maximum atomic E-state index is 12.3. The number of carbonyl (C=O) groups excluding carboxylic acids is 2. The van der Waals surface area contributed by atoms with Crippen molar-refractivity contribution >= 4 is 17.5 Å². The van der Waals surface area contributed by atoms with Gasteiger partial charge in [-0.3, -0.25) is 4.79 Å². The summed E-state index contributed by atoms with van der Waals surface area (Å²) in [6.45, 7) is 0.288. The average molecular weight is 321 g/mol. The monoisotopic (exact) mass is 321 g/mol. The van der Waals surface area contributed by atoms with Gasteiger partial charge < -0.3 is 14.5 Å². The number of rotatable bonds is 3. The molecule has 3 heterocycles. The number of hydrogen-bond donors (Lipinski definition) is 1. The zero-order valence-electron chi connectivity index (χ0n) is 12.8. The molecule has 1 aliphatic heterocycles. The molecule has 6 nitrogen and oxygen atoms in total. The Balaban J connectivity index is 1.44. The molecule has 0 unspecified atom stereocenters. The first kappa shape index (κ1) is 14.4. The van der Waals surface area contributed by atoms with Gasteiger partial charge >= 0.3 is 5.97 Å². The lowest BCUT2D eigenvalue weighted by atomic mass is 9.98. The smallest absolute Gasteiger partial charge is 0.339 e. The van der Waals surface area contributed by atoms with Crippen LogP contribution >= 0.6 is 0 Å². The van der Waals surface area contributed by atoms with E-state index >= 15 is 0 Å². The first-order valence-corrected chi connectivity index (χ1v) is 7.70. The van der Waals surface area contributed by atoms with E-state index in [0.717, 1.165) is 16.9 Å². The number of cyclic esters (lactones) is 1. The molecular weight excluding hydrogens is 306 g/mol. The van der Waals surface area contributed by atoms with Crippen molar-refractivity contribution in [2.75, 3.05) is 0 Å². The molecule has 6 heteroatoms. The first-order chi connectivity index (χ1) is 11.7. The van der Waals surface area contributed by atoms with Crippen molar-refractivity contribution in [2.24, 2.45) is 0 Å². The molecule has 0 bridgehead atoms. The largest absolute Gasteiger partial charge is 0.448 e. The second kappa shape index (κ2) is 5.81. The molecule has 1 N–H and O–H groups in total. The van der Waals surface area contributed by atoms with Crippen molar-refractivity contribution in [3.63, 3.8) is 0 Å². The van der Waals surface area contributed by atoms with Gasteiger partial charge in [-0.2, -0.15) is 0 Å². The van der Waals surface area contributed by atoms with Crippen LogP contribution < -0.4 is 5.32 Å². The van der Waals surface area contributed by atoms with Crippen LogP contribution in [0.3, 0.4) is 0 Å². The van der Waals surface area contributed by atoms with Crippen LogP contribution in [0.1, 0.15) is 21.6 Å². The number of pyridine rings is 1. The molecular formula is C18H15N3O3. The quantitative estimate of drug-likeness (QED) is 0.746. The van der Waals surface area contributed by atoms with Gasteiger partial charge in [0, 0.05) is 18.8 Å². The Morgan fingerprint density at radius 2 is 2.08 bits per heavy atom. The van der Waals surface area contributed by atoms with Gasteiger partial charge in [-0.1, -0.05) is 24.3 Å². The van der Waals surface area contributed by atoms with Crippen LogP contribution in [0.25, 0.3) is 5.65 Å². The molecule has 1 atom stereocenters. The third kappa shape index (κ3) is 2.62. The summed E-state index contributed by atoms with van der Waals surface area (Å²) in [6, 6.07) is 12.9. The molecule has 2 aromatic heterocycles. The van der Waals surface area contributed by atoms with Crippen LogP contribution in [0.2, 0.25) is 0 Å². The molecule has 1 amide bonds. The molecule has 4 rings (SSSR count). The van der Waals surface area contributed by atoms with E-state index in [9.17, 15) is 9.59 Å². The number of esters is 1. The number of nitrogens with zero attached hydrogens (tertiary/aromatic N) is 2. The van der Waals surface area contributed by atoms with Crippen molar-refractivity contribution in [3.05, 3.63) is 71.7 Å². The van der Waals surface area contributed by atoms with Gasteiger partial charge in [0.05, 0.1) is 17.8 Å². The number of carbonyl (C=O) groups is 2. The van der Waals surface area contributed by atoms with Gasteiger partial charge in [0.2, 0.25) is 0 Å². The molecule has 24 heavy (non-hydrogen) atoms. The zero-order valence-corrected chi connectivity index (χ0v) is 12.8. The standard InChI is InChI=1S/C18H15N3O3/c22-17(15-9-12-5-1-2-6-14(12)18(23)24-15)19-10-13-11-21-8-4-3-7-16(21)20-13/h1-8,11,15H,9-10H2,(H,19,22)/t15-/m1/s1. The number of hydrogen-bond acceptors (Lipinski definition) is 4. The number of amides is 1. The SMILES string of the molecule is O=C1O[C@@H](C(=O)NCc2cn3ccccc3n2)Cc2ccccc21. The molecule has 0 fully saturated rings. The molecule has 3 aromatic rings. The fourth-order valence-electron chi connectivity index (χ4n) is 2.84. The number of fused-ring (bicyclic) bond motifs is 2. The Morgan fingerprint density at radius 1 is 1.25 bits per heavy atom. The summed E-state index contributed by atoms with van der Waals surface area (Å²) in [4.78, 5) is 28.7. The number of aromatic nitrogens is 2. The summed E-state index contributed by atoms with van der Waals surface area (Å²) in [7, 11) is 0. The van der Waals surface area contributed by atoms with Crippen LogP contribution in [-0.2, 0) is 22.5 Å². The normalized spacial score (nSPS) is 16.5. The van der Waals surface area contributed by atoms with E-state index in [1.807, 2.05) is 47.1 Å². The molecule has 0 saturated carbocycles. The van der Waals surface area contributed by atoms with Crippen LogP contribution in [0.5, 0.6) is 0 Å². The van der Waals surface area contributed by atoms with E-state index in [-0.39, 0.29) is 12.5 Å². The maximum absolute atomic E-state index is 12.3. The third-order valence-corrected chi connectivity index (χ3v) is 4.04. The van der Waals surface area contributed by atoms with Crippen molar-refractivity contribution in [2.45, 2.75) is 19.1 Å². The summed E-state index contributed by atoms with van der Waals surface area (Å²) in [6.07, 6.45) is 3.34. The summed E-state index contributed by atoms with van der Waals surface area (Å²) in [5.41, 5.74) is 2.93. The Morgan fingerprint density at radius 3 is 2.96 bits per heavy atom. The summed E-state index contributed by atoms with van der Waals surface area (Å²) >= 11 is 0. The predicted octanol–water partition coefficient (Wildman–Crippen LogP) is 1.73. The van der Waals surface area contributed by atoms with Gasteiger partial charge in [0.25, 0.3) is 5.91 Å². The molecule has 0 spiro atoms.